The van der Waals surface area contributed by atoms with Gasteiger partial charge >= 0.3 is 6.18 Å². The first kappa shape index (κ1) is 18.5. The van der Waals surface area contributed by atoms with Crippen LogP contribution in [0.15, 0.2) is 52.4 Å². The summed E-state index contributed by atoms with van der Waals surface area (Å²) in [7, 11) is 0. The number of amidine groups is 1. The van der Waals surface area contributed by atoms with Gasteiger partial charge in [-0.3, -0.25) is 4.79 Å². The Balaban J connectivity index is 1.90. The molecule has 1 N–H and O–H groups in total. The zero-order valence-corrected chi connectivity index (χ0v) is 14.3. The lowest BCUT2D eigenvalue weighted by molar-refractivity contribution is -0.137. The van der Waals surface area contributed by atoms with Gasteiger partial charge in [0.2, 0.25) is 0 Å². The number of benzene rings is 2. The van der Waals surface area contributed by atoms with E-state index in [0.29, 0.717) is 5.56 Å². The SMILES string of the molecule is O=C1NC(=Nc2ccc(Cl)cc2C(F)(F)F)S/C1=C\c1ccc(F)cc1. The van der Waals surface area contributed by atoms with Crippen LogP contribution in [-0.2, 0) is 11.0 Å². The third-order valence-corrected chi connectivity index (χ3v) is 4.45. The Hall–Kier alpha value is -2.32. The molecule has 3 rings (SSSR count). The van der Waals surface area contributed by atoms with Gasteiger partial charge in [-0.25, -0.2) is 9.38 Å². The molecule has 1 amide bonds. The molecule has 1 aliphatic rings. The number of hydrogen-bond acceptors (Lipinski definition) is 3. The molecular weight excluding hydrogens is 392 g/mol. The minimum atomic E-state index is -4.63. The Kier molecular flexibility index (Phi) is 5.06. The third kappa shape index (κ3) is 4.25. The van der Waals surface area contributed by atoms with E-state index >= 15 is 0 Å². The summed E-state index contributed by atoms with van der Waals surface area (Å²) < 4.78 is 52.3. The quantitative estimate of drug-likeness (QED) is 0.542. The molecule has 2 aromatic carbocycles. The zero-order valence-electron chi connectivity index (χ0n) is 12.8. The standard InChI is InChI=1S/C17H9ClF4N2OS/c18-10-3-6-13(12(8-10)17(20,21)22)23-16-24-15(25)14(26-16)7-9-1-4-11(19)5-2-9/h1-8H,(H,23,24,25)/b14-7-. The average molecular weight is 401 g/mol. The fourth-order valence-corrected chi connectivity index (χ4v) is 3.14. The fraction of sp³-hybridized carbons (Fsp3) is 0.0588. The zero-order chi connectivity index (χ0) is 18.9. The molecule has 134 valence electrons. The molecule has 0 aliphatic carbocycles. The molecule has 0 unspecified atom stereocenters. The van der Waals surface area contributed by atoms with Crippen LogP contribution in [0.2, 0.25) is 5.02 Å². The molecule has 1 fully saturated rings. The van der Waals surface area contributed by atoms with Gasteiger partial charge in [-0.05, 0) is 53.7 Å². The second-order valence-electron chi connectivity index (χ2n) is 5.19. The molecule has 0 bridgehead atoms. The highest BCUT2D eigenvalue weighted by Gasteiger charge is 2.34. The third-order valence-electron chi connectivity index (χ3n) is 3.30. The van der Waals surface area contributed by atoms with Crippen molar-refractivity contribution in [2.75, 3.05) is 0 Å². The molecule has 9 heteroatoms. The van der Waals surface area contributed by atoms with Crippen molar-refractivity contribution in [3.8, 4) is 0 Å². The highest BCUT2D eigenvalue weighted by atomic mass is 35.5. The maximum absolute atomic E-state index is 13.1. The number of nitrogens with zero attached hydrogens (tertiary/aromatic N) is 1. The Bertz CT molecular complexity index is 923. The van der Waals surface area contributed by atoms with Gasteiger partial charge in [-0.15, -0.1) is 0 Å². The Labute approximate surface area is 154 Å². The van der Waals surface area contributed by atoms with Gasteiger partial charge < -0.3 is 5.32 Å². The van der Waals surface area contributed by atoms with Gasteiger partial charge in [0.15, 0.2) is 5.17 Å². The number of halogens is 5. The van der Waals surface area contributed by atoms with Crippen molar-refractivity contribution in [3.63, 3.8) is 0 Å². The number of amides is 1. The van der Waals surface area contributed by atoms with Crippen molar-refractivity contribution in [2.45, 2.75) is 6.18 Å². The lowest BCUT2D eigenvalue weighted by Crippen LogP contribution is -2.19. The largest absolute Gasteiger partial charge is 0.418 e. The molecule has 3 nitrogen and oxygen atoms in total. The molecule has 1 heterocycles. The maximum Gasteiger partial charge on any atom is 0.418 e. The number of thioether (sulfide) groups is 1. The number of rotatable bonds is 2. The van der Waals surface area contributed by atoms with E-state index in [9.17, 15) is 22.4 Å². The Morgan fingerprint density at radius 3 is 2.46 bits per heavy atom. The van der Waals surface area contributed by atoms with Gasteiger partial charge in [-0.1, -0.05) is 23.7 Å². The predicted molar refractivity (Wildman–Crippen MR) is 93.7 cm³/mol. The Morgan fingerprint density at radius 1 is 1.12 bits per heavy atom. The smallest absolute Gasteiger partial charge is 0.300 e. The highest BCUT2D eigenvalue weighted by molar-refractivity contribution is 8.18. The first-order valence-corrected chi connectivity index (χ1v) is 8.34. The summed E-state index contributed by atoms with van der Waals surface area (Å²) in [6.07, 6.45) is -3.14. The first-order valence-electron chi connectivity index (χ1n) is 7.14. The van der Waals surface area contributed by atoms with Crippen LogP contribution >= 0.6 is 23.4 Å². The number of nitrogens with one attached hydrogen (secondary N) is 1. The van der Waals surface area contributed by atoms with Crippen molar-refractivity contribution >= 4 is 46.2 Å². The number of aliphatic imine (C=N–C) groups is 1. The van der Waals surface area contributed by atoms with Crippen LogP contribution in [0, 0.1) is 5.82 Å². The summed E-state index contributed by atoms with van der Waals surface area (Å²) in [5.41, 5.74) is -0.774. The van der Waals surface area contributed by atoms with Gasteiger partial charge in [0.05, 0.1) is 16.2 Å². The van der Waals surface area contributed by atoms with Crippen molar-refractivity contribution in [1.82, 2.24) is 5.32 Å². The van der Waals surface area contributed by atoms with E-state index in [1.54, 1.807) is 0 Å². The van der Waals surface area contributed by atoms with E-state index in [2.05, 4.69) is 10.3 Å². The summed E-state index contributed by atoms with van der Waals surface area (Å²) in [4.78, 5) is 16.1. The molecule has 1 saturated heterocycles. The lowest BCUT2D eigenvalue weighted by atomic mass is 10.2. The van der Waals surface area contributed by atoms with Crippen LogP contribution in [0.4, 0.5) is 23.2 Å². The maximum atomic E-state index is 13.1. The van der Waals surface area contributed by atoms with Crippen LogP contribution in [0.25, 0.3) is 6.08 Å². The normalized spacial score (nSPS) is 17.8. The molecule has 0 atom stereocenters. The van der Waals surface area contributed by atoms with Crippen molar-refractivity contribution < 1.29 is 22.4 Å². The summed E-state index contributed by atoms with van der Waals surface area (Å²) >= 11 is 6.52. The molecule has 1 aliphatic heterocycles. The van der Waals surface area contributed by atoms with E-state index < -0.39 is 23.5 Å². The van der Waals surface area contributed by atoms with E-state index in [4.69, 9.17) is 11.6 Å². The van der Waals surface area contributed by atoms with Gasteiger partial charge in [0, 0.05) is 5.02 Å². The van der Waals surface area contributed by atoms with E-state index in [0.717, 1.165) is 23.9 Å². The average Bonchev–Trinajstić information content (AvgIpc) is 2.90. The number of carbonyl (C=O) groups is 1. The van der Waals surface area contributed by atoms with E-state index in [1.165, 1.54) is 36.4 Å². The van der Waals surface area contributed by atoms with Crippen LogP contribution in [0.3, 0.4) is 0 Å². The van der Waals surface area contributed by atoms with Crippen LogP contribution in [0.5, 0.6) is 0 Å². The first-order chi connectivity index (χ1) is 12.2. The summed E-state index contributed by atoms with van der Waals surface area (Å²) in [5.74, 6) is -0.916. The molecule has 0 saturated carbocycles. The minimum Gasteiger partial charge on any atom is -0.300 e. The number of carbonyl (C=O) groups excluding carboxylic acids is 1. The van der Waals surface area contributed by atoms with Crippen LogP contribution < -0.4 is 5.32 Å². The van der Waals surface area contributed by atoms with Crippen molar-refractivity contribution in [1.29, 1.82) is 0 Å². The molecule has 0 radical (unpaired) electrons. The molecule has 26 heavy (non-hydrogen) atoms. The minimum absolute atomic E-state index is 0.0104. The van der Waals surface area contributed by atoms with E-state index in [1.807, 2.05) is 0 Å². The molecule has 0 aromatic heterocycles. The van der Waals surface area contributed by atoms with Gasteiger partial charge in [-0.2, -0.15) is 13.2 Å². The lowest BCUT2D eigenvalue weighted by Gasteiger charge is -2.10. The number of hydrogen-bond donors (Lipinski definition) is 1. The second kappa shape index (κ2) is 7.13. The van der Waals surface area contributed by atoms with Crippen molar-refractivity contribution in [3.05, 3.63) is 69.3 Å². The second-order valence-corrected chi connectivity index (χ2v) is 6.66. The topological polar surface area (TPSA) is 41.5 Å². The van der Waals surface area contributed by atoms with Gasteiger partial charge in [0.1, 0.15) is 5.82 Å². The van der Waals surface area contributed by atoms with Crippen LogP contribution in [-0.4, -0.2) is 11.1 Å². The number of alkyl halides is 3. The van der Waals surface area contributed by atoms with E-state index in [-0.39, 0.29) is 20.8 Å². The summed E-state index contributed by atoms with van der Waals surface area (Å²) in [5, 5.41) is 2.35. The highest BCUT2D eigenvalue weighted by Crippen LogP contribution is 2.39. The van der Waals surface area contributed by atoms with Crippen LogP contribution in [0.1, 0.15) is 11.1 Å². The molecule has 2 aromatic rings. The molecule has 0 spiro atoms. The Morgan fingerprint density at radius 2 is 1.81 bits per heavy atom. The predicted octanol–water partition coefficient (Wildman–Crippen LogP) is 5.39. The van der Waals surface area contributed by atoms with Crippen molar-refractivity contribution in [2.24, 2.45) is 4.99 Å². The summed E-state index contributed by atoms with van der Waals surface area (Å²) in [6.45, 7) is 0. The van der Waals surface area contributed by atoms with Gasteiger partial charge in [0.25, 0.3) is 5.91 Å². The summed E-state index contributed by atoms with van der Waals surface area (Å²) in [6, 6.07) is 8.63. The fourth-order valence-electron chi connectivity index (χ4n) is 2.13. The monoisotopic (exact) mass is 400 g/mol. The molecular formula is C17H9ClF4N2OS.